The van der Waals surface area contributed by atoms with Crippen LogP contribution < -0.4 is 10.7 Å². The minimum absolute atomic E-state index is 0.0321. The molecule has 1 fully saturated rings. The Labute approximate surface area is 205 Å². The molecule has 3 heterocycles. The summed E-state index contributed by atoms with van der Waals surface area (Å²) in [5.41, 5.74) is 9.15. The van der Waals surface area contributed by atoms with Crippen LogP contribution in [0.2, 0.25) is 0 Å². The fourth-order valence-electron chi connectivity index (χ4n) is 4.49. The maximum atomic E-state index is 12.8. The predicted molar refractivity (Wildman–Crippen MR) is 139 cm³/mol. The molecule has 178 valence electrons. The van der Waals surface area contributed by atoms with E-state index < -0.39 is 0 Å². The summed E-state index contributed by atoms with van der Waals surface area (Å²) in [4.78, 5) is 26.1. The lowest BCUT2D eigenvalue weighted by Crippen LogP contribution is -2.54. The first kappa shape index (κ1) is 22.7. The average molecular weight is 468 g/mol. The van der Waals surface area contributed by atoms with Crippen molar-refractivity contribution < 1.29 is 4.79 Å². The molecule has 1 unspecified atom stereocenters. The van der Waals surface area contributed by atoms with E-state index in [1.165, 1.54) is 11.1 Å². The quantitative estimate of drug-likeness (QED) is 0.404. The van der Waals surface area contributed by atoms with E-state index in [-0.39, 0.29) is 11.9 Å². The number of aromatic nitrogens is 2. The Balaban J connectivity index is 1.28. The van der Waals surface area contributed by atoms with E-state index in [0.29, 0.717) is 18.9 Å². The number of carbonyl (C=O) groups excluding carboxylic acids is 1. The lowest BCUT2D eigenvalue weighted by molar-refractivity contribution is -0.141. The third-order valence-electron chi connectivity index (χ3n) is 6.71. The van der Waals surface area contributed by atoms with E-state index in [1.807, 2.05) is 61.5 Å². The van der Waals surface area contributed by atoms with Gasteiger partial charge in [-0.15, -0.1) is 0 Å². The highest BCUT2D eigenvalue weighted by atomic mass is 16.2. The van der Waals surface area contributed by atoms with Crippen LogP contribution in [0.25, 0.3) is 17.0 Å². The number of anilines is 2. The van der Waals surface area contributed by atoms with Crippen molar-refractivity contribution in [3.63, 3.8) is 0 Å². The van der Waals surface area contributed by atoms with Gasteiger partial charge in [-0.2, -0.15) is 5.10 Å². The van der Waals surface area contributed by atoms with Crippen LogP contribution in [-0.2, 0) is 17.9 Å². The first-order chi connectivity index (χ1) is 17.0. The second-order valence-electron chi connectivity index (χ2n) is 9.05. The van der Waals surface area contributed by atoms with E-state index >= 15 is 0 Å². The molecule has 2 aliphatic rings. The molecule has 8 nitrogen and oxygen atoms in total. The summed E-state index contributed by atoms with van der Waals surface area (Å²) in [5, 5.41) is 6.99. The average Bonchev–Trinajstić information content (AvgIpc) is 3.30. The summed E-state index contributed by atoms with van der Waals surface area (Å²) < 4.78 is 0. The zero-order valence-electron chi connectivity index (χ0n) is 20.0. The summed E-state index contributed by atoms with van der Waals surface area (Å²) in [7, 11) is 2.01. The third kappa shape index (κ3) is 4.79. The molecule has 8 heteroatoms. The number of benzene rings is 2. The van der Waals surface area contributed by atoms with Crippen molar-refractivity contribution in [2.24, 2.45) is 5.10 Å². The van der Waals surface area contributed by atoms with Crippen molar-refractivity contribution in [3.8, 4) is 11.4 Å². The molecular formula is C27H29N7O. The van der Waals surface area contributed by atoms with Gasteiger partial charge in [0.2, 0.25) is 5.91 Å². The molecule has 0 aliphatic carbocycles. The molecule has 2 aliphatic heterocycles. The molecule has 1 aromatic heterocycles. The van der Waals surface area contributed by atoms with E-state index in [9.17, 15) is 4.79 Å². The summed E-state index contributed by atoms with van der Waals surface area (Å²) >= 11 is 0. The molecule has 3 aromatic rings. The number of hydrogen-bond acceptors (Lipinski definition) is 7. The molecule has 2 aromatic carbocycles. The highest BCUT2D eigenvalue weighted by Crippen LogP contribution is 2.30. The number of amides is 1. The lowest BCUT2D eigenvalue weighted by Gasteiger charge is -2.38. The van der Waals surface area contributed by atoms with Crippen LogP contribution in [0.1, 0.15) is 30.0 Å². The first-order valence-corrected chi connectivity index (χ1v) is 11.7. The summed E-state index contributed by atoms with van der Waals surface area (Å²) in [6, 6.07) is 16.2. The van der Waals surface area contributed by atoms with Crippen molar-refractivity contribution >= 4 is 29.7 Å². The van der Waals surface area contributed by atoms with Crippen molar-refractivity contribution in [3.05, 3.63) is 77.6 Å². The van der Waals surface area contributed by atoms with E-state index in [1.54, 1.807) is 6.20 Å². The van der Waals surface area contributed by atoms with Gasteiger partial charge in [0.25, 0.3) is 0 Å². The number of hydrazone groups is 1. The largest absolute Gasteiger partial charge is 0.340 e. The minimum atomic E-state index is 0.0321. The van der Waals surface area contributed by atoms with Crippen LogP contribution in [0.5, 0.6) is 0 Å². The number of hydrogen-bond donors (Lipinski definition) is 2. The van der Waals surface area contributed by atoms with Gasteiger partial charge in [-0.1, -0.05) is 24.3 Å². The van der Waals surface area contributed by atoms with Gasteiger partial charge in [0.05, 0.1) is 6.04 Å². The van der Waals surface area contributed by atoms with Gasteiger partial charge in [-0.25, -0.2) is 9.97 Å². The minimum Gasteiger partial charge on any atom is -0.340 e. The maximum Gasteiger partial charge on any atom is 0.240 e. The number of fused-ring (bicyclic) bond motifs is 1. The van der Waals surface area contributed by atoms with Crippen LogP contribution in [0.4, 0.5) is 11.5 Å². The van der Waals surface area contributed by atoms with Crippen LogP contribution in [0.15, 0.2) is 66.0 Å². The zero-order chi connectivity index (χ0) is 24.4. The Morgan fingerprint density at radius 1 is 1.14 bits per heavy atom. The molecule has 1 atom stereocenters. The predicted octanol–water partition coefficient (Wildman–Crippen LogP) is 4.00. The maximum absolute atomic E-state index is 12.8. The van der Waals surface area contributed by atoms with Crippen molar-refractivity contribution in [2.45, 2.75) is 32.5 Å². The van der Waals surface area contributed by atoms with Crippen molar-refractivity contribution in [1.29, 1.82) is 0 Å². The monoisotopic (exact) mass is 467 g/mol. The van der Waals surface area contributed by atoms with E-state index in [0.717, 1.165) is 41.2 Å². The summed E-state index contributed by atoms with van der Waals surface area (Å²) in [5.74, 6) is 1.60. The van der Waals surface area contributed by atoms with Gasteiger partial charge in [-0.05, 0) is 66.9 Å². The van der Waals surface area contributed by atoms with Crippen LogP contribution in [-0.4, -0.2) is 52.0 Å². The second kappa shape index (κ2) is 9.68. The molecule has 0 saturated carbocycles. The summed E-state index contributed by atoms with van der Waals surface area (Å²) in [6.07, 6.45) is 4.52. The van der Waals surface area contributed by atoms with Crippen LogP contribution >= 0.6 is 0 Å². The van der Waals surface area contributed by atoms with Crippen molar-refractivity contribution in [1.82, 2.24) is 25.2 Å². The molecule has 0 radical (unpaired) electrons. The van der Waals surface area contributed by atoms with Gasteiger partial charge < -0.3 is 10.2 Å². The molecular weight excluding hydrogens is 438 g/mol. The van der Waals surface area contributed by atoms with Crippen LogP contribution in [0, 0.1) is 0 Å². The molecule has 0 bridgehead atoms. The molecule has 5 rings (SSSR count). The number of likely N-dealkylation sites (tertiary alicyclic amines) is 1. The highest BCUT2D eigenvalue weighted by Gasteiger charge is 2.36. The lowest BCUT2D eigenvalue weighted by atomic mass is 10.0. The Bertz CT molecular complexity index is 1280. The molecule has 35 heavy (non-hydrogen) atoms. The fourth-order valence-corrected chi connectivity index (χ4v) is 4.49. The third-order valence-corrected chi connectivity index (χ3v) is 6.71. The standard InChI is InChI=1S/C27H29N7O/c1-18(15-30-28-2)19-6-8-23(9-7-19)31-25-10-12-29-26(32-25)20-4-5-21-16-34(17-22(21)14-20)27(35)24-11-13-33(24)3/h4-10,12,14-15,24,30H,2,11,13,16-17H2,1,3H3,(H,29,31,32)/b18-15+. The fraction of sp³-hybridized carbons (Fsp3) is 0.259. The van der Waals surface area contributed by atoms with Crippen LogP contribution in [0.3, 0.4) is 0 Å². The normalized spacial score (nSPS) is 17.5. The number of nitrogens with one attached hydrogen (secondary N) is 2. The smallest absolute Gasteiger partial charge is 0.240 e. The van der Waals surface area contributed by atoms with Gasteiger partial charge in [0, 0.05) is 50.0 Å². The Hall–Kier alpha value is -4.04. The summed E-state index contributed by atoms with van der Waals surface area (Å²) in [6.45, 7) is 7.73. The van der Waals surface area contributed by atoms with Gasteiger partial charge >= 0.3 is 0 Å². The number of rotatable bonds is 7. The van der Waals surface area contributed by atoms with Gasteiger partial charge in [0.1, 0.15) is 5.82 Å². The molecule has 1 amide bonds. The van der Waals surface area contributed by atoms with E-state index in [4.69, 9.17) is 4.98 Å². The number of allylic oxidation sites excluding steroid dienone is 1. The highest BCUT2D eigenvalue weighted by molar-refractivity contribution is 5.83. The van der Waals surface area contributed by atoms with Crippen molar-refractivity contribution in [2.75, 3.05) is 18.9 Å². The number of nitrogens with zero attached hydrogens (tertiary/aromatic N) is 5. The van der Waals surface area contributed by atoms with Gasteiger partial charge in [0.15, 0.2) is 5.82 Å². The second-order valence-corrected chi connectivity index (χ2v) is 9.05. The Morgan fingerprint density at radius 3 is 2.66 bits per heavy atom. The molecule has 2 N–H and O–H groups in total. The van der Waals surface area contributed by atoms with E-state index in [2.05, 4.69) is 44.6 Å². The Kier molecular flexibility index (Phi) is 6.29. The number of likely N-dealkylation sites (N-methyl/N-ethyl adjacent to an activating group) is 1. The zero-order valence-corrected chi connectivity index (χ0v) is 20.0. The SMILES string of the molecule is C=NN/C=C(\C)c1ccc(Nc2ccnc(-c3ccc4c(c3)CN(C(=O)C3CCN3C)C4)n2)cc1. The Morgan fingerprint density at radius 2 is 1.94 bits per heavy atom. The number of carbonyl (C=O) groups is 1. The topological polar surface area (TPSA) is 85.8 Å². The van der Waals surface area contributed by atoms with Gasteiger partial charge in [-0.3, -0.25) is 15.1 Å². The molecule has 0 spiro atoms. The first-order valence-electron chi connectivity index (χ1n) is 11.7. The molecule has 1 saturated heterocycles.